The zero-order valence-electron chi connectivity index (χ0n) is 8.47. The predicted octanol–water partition coefficient (Wildman–Crippen LogP) is 2.89. The normalized spacial score (nSPS) is 13.1. The summed E-state index contributed by atoms with van der Waals surface area (Å²) in [6.45, 7) is 0. The first-order chi connectivity index (χ1) is 7.94. The quantitative estimate of drug-likeness (QED) is 0.419. The highest BCUT2D eigenvalue weighted by atomic mass is 19.4. The molecule has 0 radical (unpaired) electrons. The lowest BCUT2D eigenvalue weighted by Crippen LogP contribution is -2.34. The summed E-state index contributed by atoms with van der Waals surface area (Å²) in [4.78, 5) is 0. The topological polar surface area (TPSA) is 66.5 Å². The molecule has 0 fully saturated rings. The molecule has 18 heavy (non-hydrogen) atoms. The lowest BCUT2D eigenvalue weighted by atomic mass is 9.97. The number of aromatic hydroxyl groups is 2. The molecule has 0 aliphatic heterocycles. The van der Waals surface area contributed by atoms with Gasteiger partial charge in [-0.1, -0.05) is 0 Å². The van der Waals surface area contributed by atoms with Gasteiger partial charge >= 0.3 is 12.4 Å². The number of phenols is 2. The lowest BCUT2D eigenvalue weighted by molar-refractivity contribution is -0.253. The fourth-order valence-electron chi connectivity index (χ4n) is 1.37. The van der Waals surface area contributed by atoms with Crippen molar-refractivity contribution in [1.82, 2.24) is 0 Å². The minimum absolute atomic E-state index is 0.223. The average Bonchev–Trinajstić information content (AvgIpc) is 2.08. The summed E-state index contributed by atoms with van der Waals surface area (Å²) in [5.74, 6) is -5.91. The highest BCUT2D eigenvalue weighted by Gasteiger charge is 2.57. The fourth-order valence-corrected chi connectivity index (χ4v) is 1.37. The van der Waals surface area contributed by atoms with Crippen molar-refractivity contribution in [3.8, 4) is 11.5 Å². The summed E-state index contributed by atoms with van der Waals surface area (Å²) in [5, 5.41) is 18.1. The van der Waals surface area contributed by atoms with E-state index in [-0.39, 0.29) is 12.1 Å². The maximum atomic E-state index is 12.4. The van der Waals surface area contributed by atoms with Gasteiger partial charge < -0.3 is 15.9 Å². The summed E-state index contributed by atoms with van der Waals surface area (Å²) in [6, 6.07) is 0.446. The largest absolute Gasteiger partial charge is 0.506 e. The Morgan fingerprint density at radius 1 is 0.889 bits per heavy atom. The molecule has 1 aromatic carbocycles. The highest BCUT2D eigenvalue weighted by Crippen LogP contribution is 2.48. The monoisotopic (exact) mass is 275 g/mol. The molecule has 0 heterocycles. The van der Waals surface area contributed by atoms with Gasteiger partial charge in [-0.2, -0.15) is 26.3 Å². The average molecular weight is 275 g/mol. The van der Waals surface area contributed by atoms with E-state index in [1.165, 1.54) is 0 Å². The first-order valence-electron chi connectivity index (χ1n) is 4.39. The maximum Gasteiger partial charge on any atom is 0.404 e. The number of rotatable bonds is 1. The van der Waals surface area contributed by atoms with E-state index >= 15 is 0 Å². The van der Waals surface area contributed by atoms with Gasteiger partial charge in [0.1, 0.15) is 17.2 Å². The van der Waals surface area contributed by atoms with Crippen LogP contribution in [0.15, 0.2) is 12.1 Å². The van der Waals surface area contributed by atoms with E-state index in [1.54, 1.807) is 0 Å². The van der Waals surface area contributed by atoms with Crippen LogP contribution < -0.4 is 5.73 Å². The van der Waals surface area contributed by atoms with Gasteiger partial charge in [0.05, 0.1) is 0 Å². The lowest BCUT2D eigenvalue weighted by Gasteiger charge is -2.23. The van der Waals surface area contributed by atoms with Gasteiger partial charge in [0.15, 0.2) is 5.92 Å². The van der Waals surface area contributed by atoms with Crippen molar-refractivity contribution in [2.75, 3.05) is 5.73 Å². The van der Waals surface area contributed by atoms with Crippen molar-refractivity contribution >= 4 is 5.69 Å². The molecule has 0 saturated heterocycles. The molecule has 0 aliphatic rings. The standard InChI is InChI=1S/C9H7F6NO2/c10-8(11,12)7(9(13,14)15)3-1-4(17)6(16)5(18)2-3/h1-2,7,17-18H,16H2. The molecule has 0 atom stereocenters. The third-order valence-corrected chi connectivity index (χ3v) is 2.15. The number of anilines is 1. The SMILES string of the molecule is Nc1c(O)cc(C(C(F)(F)F)C(F)(F)F)cc1O. The van der Waals surface area contributed by atoms with Crippen molar-refractivity contribution in [2.45, 2.75) is 18.3 Å². The molecule has 0 saturated carbocycles. The molecule has 1 aromatic rings. The van der Waals surface area contributed by atoms with E-state index in [4.69, 9.17) is 15.9 Å². The van der Waals surface area contributed by atoms with E-state index in [0.29, 0.717) is 0 Å². The Labute approximate surface area is 96.4 Å². The number of benzene rings is 1. The smallest absolute Gasteiger partial charge is 0.404 e. The molecule has 0 bridgehead atoms. The van der Waals surface area contributed by atoms with Crippen LogP contribution in [-0.2, 0) is 0 Å². The van der Waals surface area contributed by atoms with Crippen LogP contribution in [0.1, 0.15) is 11.5 Å². The van der Waals surface area contributed by atoms with Crippen molar-refractivity contribution in [3.63, 3.8) is 0 Å². The number of halogens is 6. The summed E-state index contributed by atoms with van der Waals surface area (Å²) in [5.41, 5.74) is 2.98. The number of nitrogens with two attached hydrogens (primary N) is 1. The zero-order valence-corrected chi connectivity index (χ0v) is 8.47. The first-order valence-corrected chi connectivity index (χ1v) is 4.39. The van der Waals surface area contributed by atoms with Crippen LogP contribution in [0, 0.1) is 0 Å². The van der Waals surface area contributed by atoms with Crippen LogP contribution >= 0.6 is 0 Å². The molecule has 102 valence electrons. The van der Waals surface area contributed by atoms with E-state index < -0.39 is 41.0 Å². The van der Waals surface area contributed by atoms with E-state index in [0.717, 1.165) is 0 Å². The van der Waals surface area contributed by atoms with Gasteiger partial charge in [-0.05, 0) is 17.7 Å². The Kier molecular flexibility index (Phi) is 3.28. The molecule has 0 aromatic heterocycles. The van der Waals surface area contributed by atoms with Gasteiger partial charge in [-0.15, -0.1) is 0 Å². The zero-order chi connectivity index (χ0) is 14.3. The number of hydrogen-bond acceptors (Lipinski definition) is 3. The van der Waals surface area contributed by atoms with Crippen molar-refractivity contribution in [1.29, 1.82) is 0 Å². The van der Waals surface area contributed by atoms with Crippen LogP contribution in [0.4, 0.5) is 32.0 Å². The molecule has 0 amide bonds. The third-order valence-electron chi connectivity index (χ3n) is 2.15. The predicted molar refractivity (Wildman–Crippen MR) is 49.0 cm³/mol. The van der Waals surface area contributed by atoms with Crippen LogP contribution in [-0.4, -0.2) is 22.6 Å². The number of nitrogen functional groups attached to an aromatic ring is 1. The third kappa shape index (κ3) is 2.71. The Balaban J connectivity index is 3.41. The highest BCUT2D eigenvalue weighted by molar-refractivity contribution is 5.63. The van der Waals surface area contributed by atoms with Crippen LogP contribution in [0.3, 0.4) is 0 Å². The number of hydrogen-bond donors (Lipinski definition) is 3. The van der Waals surface area contributed by atoms with Gasteiger partial charge in [0, 0.05) is 0 Å². The van der Waals surface area contributed by atoms with Gasteiger partial charge in [0.25, 0.3) is 0 Å². The van der Waals surface area contributed by atoms with Crippen LogP contribution in [0.2, 0.25) is 0 Å². The van der Waals surface area contributed by atoms with E-state index in [9.17, 15) is 26.3 Å². The van der Waals surface area contributed by atoms with Crippen molar-refractivity contribution in [3.05, 3.63) is 17.7 Å². The number of phenolic OH excluding ortho intramolecular Hbond substituents is 2. The maximum absolute atomic E-state index is 12.4. The van der Waals surface area contributed by atoms with E-state index in [1.807, 2.05) is 0 Å². The van der Waals surface area contributed by atoms with Gasteiger partial charge in [0.2, 0.25) is 0 Å². The van der Waals surface area contributed by atoms with Crippen molar-refractivity contribution in [2.24, 2.45) is 0 Å². The molecule has 3 nitrogen and oxygen atoms in total. The molecule has 0 aliphatic carbocycles. The second-order valence-electron chi connectivity index (χ2n) is 3.49. The molecular formula is C9H7F6NO2. The van der Waals surface area contributed by atoms with Crippen molar-refractivity contribution < 1.29 is 36.6 Å². The van der Waals surface area contributed by atoms with E-state index in [2.05, 4.69) is 0 Å². The van der Waals surface area contributed by atoms with Crippen LogP contribution in [0.5, 0.6) is 11.5 Å². The molecule has 1 rings (SSSR count). The minimum atomic E-state index is -5.60. The molecule has 0 spiro atoms. The van der Waals surface area contributed by atoms with Gasteiger partial charge in [-0.3, -0.25) is 0 Å². The number of alkyl halides is 6. The summed E-state index contributed by atoms with van der Waals surface area (Å²) in [7, 11) is 0. The Hall–Kier alpha value is -1.80. The molecular weight excluding hydrogens is 268 g/mol. The summed E-state index contributed by atoms with van der Waals surface area (Å²) >= 11 is 0. The molecule has 0 unspecified atom stereocenters. The summed E-state index contributed by atoms with van der Waals surface area (Å²) in [6.07, 6.45) is -11.2. The molecule has 9 heteroatoms. The fraction of sp³-hybridized carbons (Fsp3) is 0.333. The Morgan fingerprint density at radius 3 is 1.50 bits per heavy atom. The summed E-state index contributed by atoms with van der Waals surface area (Å²) < 4.78 is 74.1. The van der Waals surface area contributed by atoms with Gasteiger partial charge in [-0.25, -0.2) is 0 Å². The Morgan fingerprint density at radius 2 is 1.22 bits per heavy atom. The Bertz CT molecular complexity index is 416. The molecule has 4 N–H and O–H groups in total. The second kappa shape index (κ2) is 4.14. The first kappa shape index (κ1) is 14.3. The second-order valence-corrected chi connectivity index (χ2v) is 3.49. The minimum Gasteiger partial charge on any atom is -0.506 e. The van der Waals surface area contributed by atoms with Crippen LogP contribution in [0.25, 0.3) is 0 Å².